The van der Waals surface area contributed by atoms with Crippen molar-refractivity contribution in [1.82, 2.24) is 4.98 Å². The second kappa shape index (κ2) is 6.39. The first kappa shape index (κ1) is 15.7. The molecule has 1 aromatic heterocycles. The number of hydrogen-bond donors (Lipinski definition) is 1. The molecule has 1 N–H and O–H groups in total. The Balaban J connectivity index is 2.40. The Hall–Kier alpha value is -1.68. The minimum Gasteiger partial charge on any atom is -0.493 e. The van der Waals surface area contributed by atoms with Gasteiger partial charge in [-0.3, -0.25) is 0 Å². The van der Waals surface area contributed by atoms with Gasteiger partial charge in [-0.15, -0.1) is 11.6 Å². The van der Waals surface area contributed by atoms with Crippen molar-refractivity contribution in [3.8, 4) is 11.5 Å². The lowest BCUT2D eigenvalue weighted by Crippen LogP contribution is -2.25. The number of halogens is 1. The molecule has 0 aliphatic rings. The number of ether oxygens (including phenoxy) is 2. The van der Waals surface area contributed by atoms with Crippen molar-refractivity contribution in [3.05, 3.63) is 24.4 Å². The van der Waals surface area contributed by atoms with Crippen molar-refractivity contribution in [2.24, 2.45) is 5.41 Å². The molecule has 4 nitrogen and oxygen atoms in total. The molecule has 0 amide bonds. The third-order valence-corrected chi connectivity index (χ3v) is 4.09. The van der Waals surface area contributed by atoms with Crippen LogP contribution < -0.4 is 14.8 Å². The molecule has 0 fully saturated rings. The maximum atomic E-state index is 5.97. The molecule has 0 spiro atoms. The highest BCUT2D eigenvalue weighted by Crippen LogP contribution is 2.34. The maximum absolute atomic E-state index is 5.97. The summed E-state index contributed by atoms with van der Waals surface area (Å²) in [6.45, 7) is 4.97. The van der Waals surface area contributed by atoms with Gasteiger partial charge in [0.15, 0.2) is 11.5 Å². The molecule has 0 radical (unpaired) electrons. The van der Waals surface area contributed by atoms with Crippen LogP contribution in [0.1, 0.15) is 13.8 Å². The van der Waals surface area contributed by atoms with Gasteiger partial charge in [0.05, 0.1) is 14.2 Å². The number of nitrogens with one attached hydrogen (secondary N) is 1. The van der Waals surface area contributed by atoms with Gasteiger partial charge in [-0.2, -0.15) is 0 Å². The number of rotatable bonds is 6. The Morgan fingerprint density at radius 3 is 2.48 bits per heavy atom. The predicted octanol–water partition coefficient (Wildman–Crippen LogP) is 3.93. The van der Waals surface area contributed by atoms with Gasteiger partial charge >= 0.3 is 0 Å². The number of pyridine rings is 1. The molecule has 0 unspecified atom stereocenters. The van der Waals surface area contributed by atoms with Crippen molar-refractivity contribution < 1.29 is 9.47 Å². The maximum Gasteiger partial charge on any atom is 0.161 e. The van der Waals surface area contributed by atoms with Crippen molar-refractivity contribution >= 4 is 28.2 Å². The van der Waals surface area contributed by atoms with Crippen molar-refractivity contribution in [1.29, 1.82) is 0 Å². The van der Waals surface area contributed by atoms with Crippen LogP contribution >= 0.6 is 11.6 Å². The quantitative estimate of drug-likeness (QED) is 0.821. The van der Waals surface area contributed by atoms with E-state index in [2.05, 4.69) is 24.1 Å². The van der Waals surface area contributed by atoms with E-state index < -0.39 is 0 Å². The standard InChI is InChI=1S/C16H21ClN2O2/c1-16(2,9-17)10-19-15-12-8-14(21-4)13(20-3)7-11(12)5-6-18-15/h5-8H,9-10H2,1-4H3,(H,18,19). The summed E-state index contributed by atoms with van der Waals surface area (Å²) in [5, 5.41) is 5.43. The van der Waals surface area contributed by atoms with E-state index in [1.165, 1.54) is 0 Å². The first-order valence-corrected chi connectivity index (χ1v) is 7.35. The number of benzene rings is 1. The van der Waals surface area contributed by atoms with E-state index in [1.54, 1.807) is 20.4 Å². The number of methoxy groups -OCH3 is 2. The van der Waals surface area contributed by atoms with E-state index in [0.29, 0.717) is 17.4 Å². The molecule has 114 valence electrons. The van der Waals surface area contributed by atoms with E-state index in [4.69, 9.17) is 21.1 Å². The Bertz CT molecular complexity index is 629. The summed E-state index contributed by atoms with van der Waals surface area (Å²) in [4.78, 5) is 4.42. The molecule has 1 heterocycles. The lowest BCUT2D eigenvalue weighted by Gasteiger charge is -2.22. The van der Waals surface area contributed by atoms with Crippen molar-refractivity contribution in [3.63, 3.8) is 0 Å². The SMILES string of the molecule is COc1cc2ccnc(NCC(C)(C)CCl)c2cc1OC. The number of fused-ring (bicyclic) bond motifs is 1. The minimum absolute atomic E-state index is 0.00194. The third kappa shape index (κ3) is 3.50. The molecule has 2 aromatic rings. The molecule has 5 heteroatoms. The van der Waals surface area contributed by atoms with Gasteiger partial charge in [0.2, 0.25) is 0 Å². The lowest BCUT2D eigenvalue weighted by molar-refractivity contribution is 0.356. The second-order valence-electron chi connectivity index (χ2n) is 5.74. The average molecular weight is 309 g/mol. The predicted molar refractivity (Wildman–Crippen MR) is 87.8 cm³/mol. The van der Waals surface area contributed by atoms with E-state index in [9.17, 15) is 0 Å². The summed E-state index contributed by atoms with van der Waals surface area (Å²) >= 11 is 5.97. The molecule has 0 aliphatic heterocycles. The fourth-order valence-corrected chi connectivity index (χ4v) is 2.10. The summed E-state index contributed by atoms with van der Waals surface area (Å²) in [5.41, 5.74) is 0.00194. The average Bonchev–Trinajstić information content (AvgIpc) is 2.51. The van der Waals surface area contributed by atoms with Gasteiger partial charge in [0.25, 0.3) is 0 Å². The van der Waals surface area contributed by atoms with Crippen LogP contribution in [0.2, 0.25) is 0 Å². The van der Waals surface area contributed by atoms with Crippen LogP contribution in [-0.4, -0.2) is 31.6 Å². The normalized spacial score (nSPS) is 11.5. The summed E-state index contributed by atoms with van der Waals surface area (Å²) < 4.78 is 10.7. The summed E-state index contributed by atoms with van der Waals surface area (Å²) in [7, 11) is 3.26. The monoisotopic (exact) mass is 308 g/mol. The van der Waals surface area contributed by atoms with E-state index in [-0.39, 0.29) is 5.41 Å². The molecule has 0 saturated heterocycles. The summed E-state index contributed by atoms with van der Waals surface area (Å²) in [6.07, 6.45) is 1.78. The highest BCUT2D eigenvalue weighted by Gasteiger charge is 2.17. The van der Waals surface area contributed by atoms with Gasteiger partial charge in [-0.1, -0.05) is 13.8 Å². The molecular formula is C16H21ClN2O2. The molecule has 0 saturated carbocycles. The van der Waals surface area contributed by atoms with Crippen LogP contribution in [-0.2, 0) is 0 Å². The zero-order valence-corrected chi connectivity index (χ0v) is 13.6. The molecule has 2 rings (SSSR count). The highest BCUT2D eigenvalue weighted by atomic mass is 35.5. The minimum atomic E-state index is 0.00194. The Morgan fingerprint density at radius 2 is 1.86 bits per heavy atom. The fourth-order valence-electron chi connectivity index (χ4n) is 2.01. The van der Waals surface area contributed by atoms with Crippen molar-refractivity contribution in [2.75, 3.05) is 32.0 Å². The van der Waals surface area contributed by atoms with Crippen LogP contribution in [0.3, 0.4) is 0 Å². The number of hydrogen-bond acceptors (Lipinski definition) is 4. The molecule has 21 heavy (non-hydrogen) atoms. The molecule has 0 aliphatic carbocycles. The van der Waals surface area contributed by atoms with Gasteiger partial charge in [-0.05, 0) is 29.0 Å². The Kier molecular flexibility index (Phi) is 4.78. The highest BCUT2D eigenvalue weighted by molar-refractivity contribution is 6.18. The summed E-state index contributed by atoms with van der Waals surface area (Å²) in [6, 6.07) is 5.85. The smallest absolute Gasteiger partial charge is 0.161 e. The van der Waals surface area contributed by atoms with E-state index >= 15 is 0 Å². The van der Waals surface area contributed by atoms with E-state index in [1.807, 2.05) is 18.2 Å². The van der Waals surface area contributed by atoms with Crippen molar-refractivity contribution in [2.45, 2.75) is 13.8 Å². The zero-order chi connectivity index (χ0) is 15.5. The molecular weight excluding hydrogens is 288 g/mol. The van der Waals surface area contributed by atoms with Crippen LogP contribution in [0.4, 0.5) is 5.82 Å². The van der Waals surface area contributed by atoms with Gasteiger partial charge in [-0.25, -0.2) is 4.98 Å². The number of alkyl halides is 1. The van der Waals surface area contributed by atoms with Crippen LogP contribution in [0.15, 0.2) is 24.4 Å². The fraction of sp³-hybridized carbons (Fsp3) is 0.438. The second-order valence-corrected chi connectivity index (χ2v) is 6.01. The topological polar surface area (TPSA) is 43.4 Å². The first-order valence-electron chi connectivity index (χ1n) is 6.81. The Morgan fingerprint density at radius 1 is 1.19 bits per heavy atom. The van der Waals surface area contributed by atoms with Crippen LogP contribution in [0.25, 0.3) is 10.8 Å². The van der Waals surface area contributed by atoms with Gasteiger partial charge in [0.1, 0.15) is 5.82 Å². The van der Waals surface area contributed by atoms with Gasteiger partial charge < -0.3 is 14.8 Å². The zero-order valence-electron chi connectivity index (χ0n) is 12.9. The number of nitrogens with zero attached hydrogens (tertiary/aromatic N) is 1. The number of aromatic nitrogens is 1. The first-order chi connectivity index (χ1) is 10.0. The largest absolute Gasteiger partial charge is 0.493 e. The van der Waals surface area contributed by atoms with Crippen LogP contribution in [0.5, 0.6) is 11.5 Å². The van der Waals surface area contributed by atoms with E-state index in [0.717, 1.165) is 23.1 Å². The molecule has 0 atom stereocenters. The molecule has 1 aromatic carbocycles. The van der Waals surface area contributed by atoms with Gasteiger partial charge in [0, 0.05) is 24.0 Å². The van der Waals surface area contributed by atoms with Crippen LogP contribution in [0, 0.1) is 5.41 Å². The summed E-state index contributed by atoms with van der Waals surface area (Å²) in [5.74, 6) is 2.81. The lowest BCUT2D eigenvalue weighted by atomic mass is 9.96. The third-order valence-electron chi connectivity index (χ3n) is 3.36. The molecule has 0 bridgehead atoms. The Labute approximate surface area is 130 Å². The number of anilines is 1.